The molecule has 0 spiro atoms. The first kappa shape index (κ1) is 10.2. The zero-order chi connectivity index (χ0) is 10.7. The highest BCUT2D eigenvalue weighted by Crippen LogP contribution is 2.25. The number of anilines is 1. The van der Waals surface area contributed by atoms with E-state index in [1.807, 2.05) is 0 Å². The van der Waals surface area contributed by atoms with Gasteiger partial charge in [0.2, 0.25) is 0 Å². The van der Waals surface area contributed by atoms with Crippen molar-refractivity contribution in [2.75, 3.05) is 5.32 Å². The molecule has 1 aliphatic rings. The Labute approximate surface area is 89.1 Å². The van der Waals surface area contributed by atoms with Crippen LogP contribution in [0.5, 0.6) is 0 Å². The number of aromatic nitrogens is 2. The fourth-order valence-electron chi connectivity index (χ4n) is 2.26. The number of aromatic amines is 1. The minimum atomic E-state index is -0.149. The van der Waals surface area contributed by atoms with Gasteiger partial charge in [0.25, 0.3) is 5.56 Å². The van der Waals surface area contributed by atoms with Crippen molar-refractivity contribution >= 4 is 5.69 Å². The Hall–Kier alpha value is -1.32. The van der Waals surface area contributed by atoms with E-state index in [9.17, 15) is 4.79 Å². The lowest BCUT2D eigenvalue weighted by molar-refractivity contribution is 0.358. The Morgan fingerprint density at radius 3 is 3.13 bits per heavy atom. The van der Waals surface area contributed by atoms with E-state index in [0.717, 1.165) is 11.6 Å². The lowest BCUT2D eigenvalue weighted by atomic mass is 9.87. The zero-order valence-electron chi connectivity index (χ0n) is 8.99. The molecule has 0 aliphatic heterocycles. The van der Waals surface area contributed by atoms with Crippen LogP contribution in [-0.2, 0) is 0 Å². The third-order valence-corrected chi connectivity index (χ3v) is 2.97. The minimum absolute atomic E-state index is 0.149. The summed E-state index contributed by atoms with van der Waals surface area (Å²) in [6, 6.07) is 2.06. The fraction of sp³-hybridized carbons (Fsp3) is 0.636. The van der Waals surface area contributed by atoms with Crippen LogP contribution in [-0.4, -0.2) is 16.2 Å². The maximum absolute atomic E-state index is 11.0. The summed E-state index contributed by atoms with van der Waals surface area (Å²) in [5, 5.41) is 9.51. The van der Waals surface area contributed by atoms with Gasteiger partial charge in [-0.05, 0) is 18.8 Å². The first-order valence-corrected chi connectivity index (χ1v) is 5.55. The first-order valence-electron chi connectivity index (χ1n) is 5.55. The number of H-pyrrole nitrogens is 1. The maximum atomic E-state index is 11.0. The number of hydrogen-bond acceptors (Lipinski definition) is 3. The molecule has 1 aromatic rings. The highest BCUT2D eigenvalue weighted by atomic mass is 16.1. The topological polar surface area (TPSA) is 57.8 Å². The summed E-state index contributed by atoms with van der Waals surface area (Å²) in [4.78, 5) is 11.0. The minimum Gasteiger partial charge on any atom is -0.381 e. The standard InChI is InChI=1S/C11H17N3O/c1-8-3-2-4-9(5-8)13-10-6-11(15)14-12-7-10/h6-9H,2-5H2,1H3,(H2,13,14,15). The van der Waals surface area contributed by atoms with Crippen LogP contribution in [0, 0.1) is 5.92 Å². The second-order valence-electron chi connectivity index (χ2n) is 4.45. The van der Waals surface area contributed by atoms with E-state index >= 15 is 0 Å². The van der Waals surface area contributed by atoms with Gasteiger partial charge in [-0.1, -0.05) is 19.8 Å². The smallest absolute Gasteiger partial charge is 0.266 e. The van der Waals surface area contributed by atoms with Crippen molar-refractivity contribution in [1.29, 1.82) is 0 Å². The van der Waals surface area contributed by atoms with Crippen molar-refractivity contribution in [2.24, 2.45) is 5.92 Å². The second kappa shape index (κ2) is 4.47. The third-order valence-electron chi connectivity index (χ3n) is 2.97. The highest BCUT2D eigenvalue weighted by Gasteiger charge is 2.18. The summed E-state index contributed by atoms with van der Waals surface area (Å²) in [5.74, 6) is 0.784. The SMILES string of the molecule is CC1CCCC(Nc2cn[nH]c(=O)c2)C1. The molecule has 82 valence electrons. The Balaban J connectivity index is 1.99. The molecule has 0 amide bonds. The van der Waals surface area contributed by atoms with Gasteiger partial charge in [0.15, 0.2) is 0 Å². The van der Waals surface area contributed by atoms with Crippen molar-refractivity contribution in [3.63, 3.8) is 0 Å². The molecule has 4 heteroatoms. The van der Waals surface area contributed by atoms with Crippen LogP contribution in [0.2, 0.25) is 0 Å². The molecule has 2 N–H and O–H groups in total. The van der Waals surface area contributed by atoms with Crippen LogP contribution in [0.1, 0.15) is 32.6 Å². The Bertz CT molecular complexity index is 374. The number of nitrogens with zero attached hydrogens (tertiary/aromatic N) is 1. The normalized spacial score (nSPS) is 26.2. The summed E-state index contributed by atoms with van der Waals surface area (Å²) in [5.41, 5.74) is 0.682. The molecule has 0 saturated heterocycles. The Morgan fingerprint density at radius 2 is 2.40 bits per heavy atom. The molecule has 1 heterocycles. The van der Waals surface area contributed by atoms with Gasteiger partial charge in [0.05, 0.1) is 11.9 Å². The van der Waals surface area contributed by atoms with E-state index in [1.54, 1.807) is 12.3 Å². The van der Waals surface area contributed by atoms with E-state index in [-0.39, 0.29) is 5.56 Å². The molecular formula is C11H17N3O. The summed E-state index contributed by atoms with van der Waals surface area (Å²) in [6.07, 6.45) is 6.64. The number of nitrogens with one attached hydrogen (secondary N) is 2. The van der Waals surface area contributed by atoms with Crippen molar-refractivity contribution in [2.45, 2.75) is 38.6 Å². The molecule has 2 rings (SSSR count). The lowest BCUT2D eigenvalue weighted by Crippen LogP contribution is -2.26. The molecule has 1 fully saturated rings. The quantitative estimate of drug-likeness (QED) is 0.777. The molecule has 0 radical (unpaired) electrons. The average molecular weight is 207 g/mol. The summed E-state index contributed by atoms with van der Waals surface area (Å²) in [7, 11) is 0. The summed E-state index contributed by atoms with van der Waals surface area (Å²) >= 11 is 0. The van der Waals surface area contributed by atoms with E-state index in [4.69, 9.17) is 0 Å². The Morgan fingerprint density at radius 1 is 1.53 bits per heavy atom. The number of hydrogen-bond donors (Lipinski definition) is 2. The summed E-state index contributed by atoms with van der Waals surface area (Å²) < 4.78 is 0. The molecule has 15 heavy (non-hydrogen) atoms. The second-order valence-corrected chi connectivity index (χ2v) is 4.45. The molecule has 0 aromatic carbocycles. The predicted octanol–water partition coefficient (Wildman–Crippen LogP) is 1.76. The first-order chi connectivity index (χ1) is 7.24. The maximum Gasteiger partial charge on any atom is 0.266 e. The van der Waals surface area contributed by atoms with Gasteiger partial charge in [0.1, 0.15) is 0 Å². The van der Waals surface area contributed by atoms with Gasteiger partial charge < -0.3 is 5.32 Å². The molecule has 4 nitrogen and oxygen atoms in total. The van der Waals surface area contributed by atoms with Crippen LogP contribution in [0.25, 0.3) is 0 Å². The van der Waals surface area contributed by atoms with Crippen molar-refractivity contribution in [3.05, 3.63) is 22.6 Å². The van der Waals surface area contributed by atoms with Crippen molar-refractivity contribution in [1.82, 2.24) is 10.2 Å². The molecule has 1 saturated carbocycles. The van der Waals surface area contributed by atoms with E-state index in [2.05, 4.69) is 22.4 Å². The van der Waals surface area contributed by atoms with Gasteiger partial charge in [-0.25, -0.2) is 5.10 Å². The monoisotopic (exact) mass is 207 g/mol. The lowest BCUT2D eigenvalue weighted by Gasteiger charge is -2.27. The molecule has 2 atom stereocenters. The molecule has 2 unspecified atom stereocenters. The van der Waals surface area contributed by atoms with Crippen LogP contribution in [0.3, 0.4) is 0 Å². The average Bonchev–Trinajstić information content (AvgIpc) is 2.17. The van der Waals surface area contributed by atoms with Gasteiger partial charge >= 0.3 is 0 Å². The molecular weight excluding hydrogens is 190 g/mol. The molecule has 1 aliphatic carbocycles. The van der Waals surface area contributed by atoms with Gasteiger partial charge in [-0.2, -0.15) is 5.10 Å². The van der Waals surface area contributed by atoms with Crippen LogP contribution in [0.4, 0.5) is 5.69 Å². The summed E-state index contributed by atoms with van der Waals surface area (Å²) in [6.45, 7) is 2.28. The van der Waals surface area contributed by atoms with Crippen LogP contribution >= 0.6 is 0 Å². The van der Waals surface area contributed by atoms with E-state index in [0.29, 0.717) is 6.04 Å². The predicted molar refractivity (Wildman–Crippen MR) is 59.9 cm³/mol. The van der Waals surface area contributed by atoms with Gasteiger partial charge in [-0.15, -0.1) is 0 Å². The molecule has 0 bridgehead atoms. The number of rotatable bonds is 2. The van der Waals surface area contributed by atoms with E-state index in [1.165, 1.54) is 25.7 Å². The van der Waals surface area contributed by atoms with Crippen molar-refractivity contribution in [3.8, 4) is 0 Å². The largest absolute Gasteiger partial charge is 0.381 e. The van der Waals surface area contributed by atoms with Crippen molar-refractivity contribution < 1.29 is 0 Å². The highest BCUT2D eigenvalue weighted by molar-refractivity contribution is 5.39. The Kier molecular flexibility index (Phi) is 3.04. The fourth-order valence-corrected chi connectivity index (χ4v) is 2.26. The zero-order valence-corrected chi connectivity index (χ0v) is 8.99. The van der Waals surface area contributed by atoms with E-state index < -0.39 is 0 Å². The molecule has 1 aromatic heterocycles. The third kappa shape index (κ3) is 2.81. The van der Waals surface area contributed by atoms with Crippen LogP contribution < -0.4 is 10.9 Å². The van der Waals surface area contributed by atoms with Crippen LogP contribution in [0.15, 0.2) is 17.1 Å². The van der Waals surface area contributed by atoms with Gasteiger partial charge in [-0.3, -0.25) is 4.79 Å². The van der Waals surface area contributed by atoms with Gasteiger partial charge in [0, 0.05) is 12.1 Å².